The van der Waals surface area contributed by atoms with Crippen LogP contribution in [0, 0.1) is 11.8 Å². The summed E-state index contributed by atoms with van der Waals surface area (Å²) in [6.07, 6.45) is 0.334. The minimum Gasteiger partial charge on any atom is -0.326 e. The molecule has 0 bridgehead atoms. The Labute approximate surface area is 114 Å². The summed E-state index contributed by atoms with van der Waals surface area (Å²) in [6, 6.07) is 0. The van der Waals surface area contributed by atoms with Crippen LogP contribution in [0.4, 0.5) is 0 Å². The molecule has 1 saturated heterocycles. The zero-order valence-electron chi connectivity index (χ0n) is 11.2. The van der Waals surface area contributed by atoms with Crippen LogP contribution < -0.4 is 0 Å². The van der Waals surface area contributed by atoms with Crippen molar-refractivity contribution >= 4 is 20.2 Å². The predicted molar refractivity (Wildman–Crippen MR) is 70.9 cm³/mol. The summed E-state index contributed by atoms with van der Waals surface area (Å²) >= 11 is 0. The van der Waals surface area contributed by atoms with Gasteiger partial charge in [-0.1, -0.05) is 6.92 Å². The maximum Gasteiger partial charge on any atom is 0.265 e. The molecule has 0 amide bonds. The van der Waals surface area contributed by atoms with Crippen LogP contribution in [-0.4, -0.2) is 68.6 Å². The van der Waals surface area contributed by atoms with E-state index in [1.807, 2.05) is 14.0 Å². The summed E-state index contributed by atoms with van der Waals surface area (Å²) in [4.78, 5) is 0. The summed E-state index contributed by atoms with van der Waals surface area (Å²) < 4.78 is 61.3. The highest BCUT2D eigenvalue weighted by Crippen LogP contribution is 2.29. The second-order valence-electron chi connectivity index (χ2n) is 5.83. The second-order valence-corrected chi connectivity index (χ2v) is 8.90. The number of rotatable bonds is 6. The largest absolute Gasteiger partial charge is 0.326 e. The van der Waals surface area contributed by atoms with Gasteiger partial charge >= 0.3 is 0 Å². The van der Waals surface area contributed by atoms with E-state index in [9.17, 15) is 16.8 Å². The average molecular weight is 316 g/mol. The third kappa shape index (κ3) is 6.17. The molecule has 0 aromatic rings. The molecule has 0 aromatic carbocycles. The lowest BCUT2D eigenvalue weighted by molar-refractivity contribution is -0.900. The second kappa shape index (κ2) is 5.65. The van der Waals surface area contributed by atoms with Gasteiger partial charge in [0.2, 0.25) is 0 Å². The zero-order valence-corrected chi connectivity index (χ0v) is 12.8. The van der Waals surface area contributed by atoms with E-state index in [-0.39, 0.29) is 23.3 Å². The molecule has 9 heteroatoms. The predicted octanol–water partition coefficient (Wildman–Crippen LogP) is -0.135. The molecular formula is C10H22NO6S2+. The Hall–Kier alpha value is -0.220. The van der Waals surface area contributed by atoms with Gasteiger partial charge in [-0.15, -0.1) is 0 Å². The maximum absolute atomic E-state index is 10.9. The molecule has 0 aromatic heterocycles. The van der Waals surface area contributed by atoms with Crippen molar-refractivity contribution in [1.29, 1.82) is 0 Å². The van der Waals surface area contributed by atoms with E-state index in [2.05, 4.69) is 0 Å². The van der Waals surface area contributed by atoms with Gasteiger partial charge in [0.25, 0.3) is 20.2 Å². The highest BCUT2D eigenvalue weighted by Gasteiger charge is 2.41. The molecule has 19 heavy (non-hydrogen) atoms. The van der Waals surface area contributed by atoms with Crippen molar-refractivity contribution < 1.29 is 30.4 Å². The van der Waals surface area contributed by atoms with Crippen LogP contribution in [0.1, 0.15) is 13.3 Å². The summed E-state index contributed by atoms with van der Waals surface area (Å²) in [6.45, 7) is 3.83. The van der Waals surface area contributed by atoms with Gasteiger partial charge in [0, 0.05) is 18.3 Å². The maximum atomic E-state index is 10.9. The fourth-order valence-electron chi connectivity index (χ4n) is 2.96. The van der Waals surface area contributed by atoms with Crippen LogP contribution in [0.15, 0.2) is 0 Å². The van der Waals surface area contributed by atoms with Crippen molar-refractivity contribution in [2.24, 2.45) is 11.8 Å². The lowest BCUT2D eigenvalue weighted by Gasteiger charge is -2.29. The zero-order chi connectivity index (χ0) is 14.9. The van der Waals surface area contributed by atoms with Crippen LogP contribution >= 0.6 is 0 Å². The summed E-state index contributed by atoms with van der Waals surface area (Å²) in [7, 11) is -5.99. The number of nitrogens with zero attached hydrogens (tertiary/aromatic N) is 1. The normalized spacial score (nSPS) is 32.6. The van der Waals surface area contributed by atoms with Crippen LogP contribution in [0.2, 0.25) is 0 Å². The topological polar surface area (TPSA) is 109 Å². The molecule has 1 aliphatic heterocycles. The summed E-state index contributed by atoms with van der Waals surface area (Å²) in [5, 5.41) is 0. The van der Waals surface area contributed by atoms with Crippen molar-refractivity contribution in [3.05, 3.63) is 0 Å². The molecule has 1 fully saturated rings. The van der Waals surface area contributed by atoms with Gasteiger partial charge in [-0.05, 0) is 0 Å². The molecule has 1 heterocycles. The Morgan fingerprint density at radius 3 is 2.16 bits per heavy atom. The van der Waals surface area contributed by atoms with E-state index >= 15 is 0 Å². The van der Waals surface area contributed by atoms with Crippen molar-refractivity contribution in [1.82, 2.24) is 0 Å². The number of quaternary nitrogens is 1. The van der Waals surface area contributed by atoms with E-state index in [1.54, 1.807) is 0 Å². The lowest BCUT2D eigenvalue weighted by atomic mass is 10.0. The SMILES string of the molecule is CC1C[N+](C)(CCCS(=O)(=O)O)CC1CS(=O)(=O)O. The third-order valence-electron chi connectivity index (χ3n) is 3.73. The van der Waals surface area contributed by atoms with Crippen molar-refractivity contribution in [2.45, 2.75) is 13.3 Å². The first-order valence-electron chi connectivity index (χ1n) is 6.14. The standard InChI is InChI=1S/C10H21NO6S2/c1-9-6-11(2,4-3-5-18(12,13)14)7-10(9)8-19(15,16)17/h9-10H,3-8H2,1-2H3,(H-,12,13,14,15,16,17)/p+1. The highest BCUT2D eigenvalue weighted by atomic mass is 32.2. The van der Waals surface area contributed by atoms with E-state index in [1.165, 1.54) is 0 Å². The molecule has 114 valence electrons. The lowest BCUT2D eigenvalue weighted by Crippen LogP contribution is -2.43. The Morgan fingerprint density at radius 2 is 1.68 bits per heavy atom. The van der Waals surface area contributed by atoms with Gasteiger partial charge < -0.3 is 4.48 Å². The van der Waals surface area contributed by atoms with Crippen LogP contribution in [-0.2, 0) is 20.2 Å². The van der Waals surface area contributed by atoms with E-state index < -0.39 is 20.2 Å². The Balaban J connectivity index is 2.56. The molecule has 1 aliphatic rings. The monoisotopic (exact) mass is 316 g/mol. The Bertz CT molecular complexity index is 514. The van der Waals surface area contributed by atoms with Gasteiger partial charge in [-0.2, -0.15) is 16.8 Å². The van der Waals surface area contributed by atoms with E-state index in [0.29, 0.717) is 24.0 Å². The van der Waals surface area contributed by atoms with Gasteiger partial charge in [0.1, 0.15) is 0 Å². The van der Waals surface area contributed by atoms with E-state index in [0.717, 1.165) is 6.54 Å². The number of likely N-dealkylation sites (tertiary alicyclic amines) is 1. The first-order valence-corrected chi connectivity index (χ1v) is 9.36. The van der Waals surface area contributed by atoms with Crippen molar-refractivity contribution in [3.8, 4) is 0 Å². The van der Waals surface area contributed by atoms with Gasteiger partial charge in [-0.3, -0.25) is 9.11 Å². The molecular weight excluding hydrogens is 294 g/mol. The van der Waals surface area contributed by atoms with E-state index in [4.69, 9.17) is 9.11 Å². The highest BCUT2D eigenvalue weighted by molar-refractivity contribution is 7.86. The minimum atomic E-state index is -3.98. The molecule has 1 rings (SSSR count). The van der Waals surface area contributed by atoms with Crippen LogP contribution in [0.5, 0.6) is 0 Å². The molecule has 3 atom stereocenters. The molecule has 0 aliphatic carbocycles. The molecule has 7 nitrogen and oxygen atoms in total. The number of hydrogen-bond acceptors (Lipinski definition) is 4. The van der Waals surface area contributed by atoms with Gasteiger partial charge in [0.05, 0.1) is 38.2 Å². The van der Waals surface area contributed by atoms with Crippen molar-refractivity contribution in [2.75, 3.05) is 38.2 Å². The third-order valence-corrected chi connectivity index (χ3v) is 5.39. The molecule has 0 spiro atoms. The van der Waals surface area contributed by atoms with Gasteiger partial charge in [0.15, 0.2) is 0 Å². The summed E-state index contributed by atoms with van der Waals surface area (Å²) in [5.41, 5.74) is 0. The Kier molecular flexibility index (Phi) is 5.00. The number of hydrogen-bond donors (Lipinski definition) is 2. The average Bonchev–Trinajstić information content (AvgIpc) is 2.36. The van der Waals surface area contributed by atoms with Gasteiger partial charge in [-0.25, -0.2) is 0 Å². The molecule has 2 N–H and O–H groups in total. The first kappa shape index (κ1) is 16.8. The molecule has 0 radical (unpaired) electrons. The van der Waals surface area contributed by atoms with Crippen LogP contribution in [0.25, 0.3) is 0 Å². The quantitative estimate of drug-likeness (QED) is 0.522. The fourth-order valence-corrected chi connectivity index (χ4v) is 4.43. The molecule has 3 unspecified atom stereocenters. The molecule has 0 saturated carbocycles. The Morgan fingerprint density at radius 1 is 1.11 bits per heavy atom. The first-order chi connectivity index (χ1) is 8.40. The fraction of sp³-hybridized carbons (Fsp3) is 1.00. The van der Waals surface area contributed by atoms with Crippen molar-refractivity contribution in [3.63, 3.8) is 0 Å². The summed E-state index contributed by atoms with van der Waals surface area (Å²) in [5.74, 6) is -0.498. The smallest absolute Gasteiger partial charge is 0.265 e. The van der Waals surface area contributed by atoms with Crippen LogP contribution in [0.3, 0.4) is 0 Å². The minimum absolute atomic E-state index is 0.120.